The van der Waals surface area contributed by atoms with Crippen LogP contribution in [0.1, 0.15) is 0 Å². The number of halogens is 4. The SMILES string of the molecule is Fc1cc(F)c(-c2c(Cl)nc3nccn3c2N2CCSCC2)c(F)c1. The fourth-order valence-corrected chi connectivity index (χ4v) is 4.14. The van der Waals surface area contributed by atoms with E-state index in [0.717, 1.165) is 11.5 Å². The molecule has 1 aliphatic heterocycles. The van der Waals surface area contributed by atoms with Crippen LogP contribution in [0.25, 0.3) is 16.9 Å². The molecule has 4 nitrogen and oxygen atoms in total. The van der Waals surface area contributed by atoms with Gasteiger partial charge in [-0.25, -0.2) is 18.2 Å². The molecule has 0 amide bonds. The molecule has 0 atom stereocenters. The van der Waals surface area contributed by atoms with E-state index in [1.807, 2.05) is 4.90 Å². The molecule has 4 rings (SSSR count). The van der Waals surface area contributed by atoms with Crippen molar-refractivity contribution in [3.8, 4) is 11.1 Å². The van der Waals surface area contributed by atoms with Gasteiger partial charge in [0.05, 0.1) is 11.1 Å². The van der Waals surface area contributed by atoms with Crippen LogP contribution in [-0.2, 0) is 0 Å². The van der Waals surface area contributed by atoms with Crippen LogP contribution in [0.15, 0.2) is 24.5 Å². The van der Waals surface area contributed by atoms with E-state index in [9.17, 15) is 13.2 Å². The van der Waals surface area contributed by atoms with Crippen molar-refractivity contribution in [1.82, 2.24) is 14.4 Å². The predicted octanol–water partition coefficient (Wildman–Crippen LogP) is 4.02. The molecule has 0 spiro atoms. The third kappa shape index (κ3) is 2.83. The Morgan fingerprint density at radius 3 is 2.40 bits per heavy atom. The molecule has 3 heterocycles. The quantitative estimate of drug-likeness (QED) is 0.625. The lowest BCUT2D eigenvalue weighted by atomic mass is 10.1. The molecule has 0 radical (unpaired) electrons. The first-order valence-electron chi connectivity index (χ1n) is 7.56. The summed E-state index contributed by atoms with van der Waals surface area (Å²) in [5.41, 5.74) is -0.281. The average molecular weight is 385 g/mol. The monoisotopic (exact) mass is 384 g/mol. The summed E-state index contributed by atoms with van der Waals surface area (Å²) in [5, 5.41) is -0.0728. The van der Waals surface area contributed by atoms with Gasteiger partial charge in [0, 0.05) is 49.1 Å². The second-order valence-electron chi connectivity index (χ2n) is 5.54. The maximum atomic E-state index is 14.4. The number of benzene rings is 1. The summed E-state index contributed by atoms with van der Waals surface area (Å²) < 4.78 is 43.9. The van der Waals surface area contributed by atoms with Gasteiger partial charge in [-0.3, -0.25) is 4.40 Å². The van der Waals surface area contributed by atoms with Gasteiger partial charge in [-0.15, -0.1) is 0 Å². The Morgan fingerprint density at radius 2 is 1.72 bits per heavy atom. The van der Waals surface area contributed by atoms with E-state index >= 15 is 0 Å². The van der Waals surface area contributed by atoms with E-state index in [1.165, 1.54) is 0 Å². The molecule has 9 heteroatoms. The molecule has 0 N–H and O–H groups in total. The third-order valence-electron chi connectivity index (χ3n) is 4.04. The average Bonchev–Trinajstić information content (AvgIpc) is 3.02. The minimum absolute atomic E-state index is 0.0728. The summed E-state index contributed by atoms with van der Waals surface area (Å²) in [7, 11) is 0. The van der Waals surface area contributed by atoms with Crippen molar-refractivity contribution in [2.24, 2.45) is 0 Å². The lowest BCUT2D eigenvalue weighted by Crippen LogP contribution is -2.34. The molecular formula is C16H12ClF3N4S. The van der Waals surface area contributed by atoms with Gasteiger partial charge in [0.2, 0.25) is 5.78 Å². The van der Waals surface area contributed by atoms with E-state index in [4.69, 9.17) is 11.6 Å². The highest BCUT2D eigenvalue weighted by atomic mass is 35.5. The van der Waals surface area contributed by atoms with Crippen LogP contribution in [-0.4, -0.2) is 39.0 Å². The lowest BCUT2D eigenvalue weighted by Gasteiger charge is -2.31. The summed E-state index contributed by atoms with van der Waals surface area (Å²) in [6.45, 7) is 1.38. The van der Waals surface area contributed by atoms with Crippen molar-refractivity contribution in [1.29, 1.82) is 0 Å². The van der Waals surface area contributed by atoms with E-state index in [0.29, 0.717) is 36.8 Å². The molecule has 1 aliphatic rings. The maximum absolute atomic E-state index is 14.4. The maximum Gasteiger partial charge on any atom is 0.236 e. The molecule has 1 saturated heterocycles. The number of rotatable bonds is 2. The molecule has 0 saturated carbocycles. The zero-order chi connectivity index (χ0) is 17.6. The topological polar surface area (TPSA) is 33.4 Å². The first-order valence-corrected chi connectivity index (χ1v) is 9.09. The predicted molar refractivity (Wildman–Crippen MR) is 92.8 cm³/mol. The normalized spacial score (nSPS) is 15.1. The number of imidazole rings is 1. The number of thioether (sulfide) groups is 1. The van der Waals surface area contributed by atoms with Crippen molar-refractivity contribution in [3.05, 3.63) is 47.1 Å². The van der Waals surface area contributed by atoms with Crippen LogP contribution < -0.4 is 4.90 Å². The zero-order valence-corrected chi connectivity index (χ0v) is 14.4. The minimum Gasteiger partial charge on any atom is -0.355 e. The molecule has 3 aromatic rings. The van der Waals surface area contributed by atoms with Gasteiger partial charge >= 0.3 is 0 Å². The second kappa shape index (κ2) is 6.42. The van der Waals surface area contributed by atoms with Crippen molar-refractivity contribution >= 4 is 35.0 Å². The number of fused-ring (bicyclic) bond motifs is 1. The fraction of sp³-hybridized carbons (Fsp3) is 0.250. The van der Waals surface area contributed by atoms with Gasteiger partial charge in [-0.1, -0.05) is 11.6 Å². The number of nitrogens with zero attached hydrogens (tertiary/aromatic N) is 4. The smallest absolute Gasteiger partial charge is 0.236 e. The molecular weight excluding hydrogens is 373 g/mol. The third-order valence-corrected chi connectivity index (χ3v) is 5.26. The summed E-state index contributed by atoms with van der Waals surface area (Å²) in [6.07, 6.45) is 3.21. The highest BCUT2D eigenvalue weighted by Crippen LogP contribution is 2.40. The highest BCUT2D eigenvalue weighted by Gasteiger charge is 2.27. The summed E-state index contributed by atoms with van der Waals surface area (Å²) in [4.78, 5) is 10.2. The van der Waals surface area contributed by atoms with Crippen molar-refractivity contribution in [2.75, 3.05) is 29.5 Å². The molecule has 1 aromatic carbocycles. The molecule has 0 bridgehead atoms. The van der Waals surface area contributed by atoms with Gasteiger partial charge in [-0.2, -0.15) is 16.7 Å². The molecule has 1 fully saturated rings. The summed E-state index contributed by atoms with van der Waals surface area (Å²) in [6, 6.07) is 1.28. The Hall–Kier alpha value is -1.93. The number of hydrogen-bond acceptors (Lipinski definition) is 4. The highest BCUT2D eigenvalue weighted by molar-refractivity contribution is 7.99. The number of anilines is 1. The fourth-order valence-electron chi connectivity index (χ4n) is 2.98. The summed E-state index contributed by atoms with van der Waals surface area (Å²) >= 11 is 8.08. The number of aromatic nitrogens is 3. The first kappa shape index (κ1) is 16.5. The van der Waals surface area contributed by atoms with Gasteiger partial charge < -0.3 is 4.90 Å². The van der Waals surface area contributed by atoms with Crippen LogP contribution in [0.3, 0.4) is 0 Å². The van der Waals surface area contributed by atoms with Crippen LogP contribution in [0.4, 0.5) is 19.0 Å². The zero-order valence-electron chi connectivity index (χ0n) is 12.8. The standard InChI is InChI=1S/C16H12ClF3N4S/c17-14-13(12-10(19)7-9(18)8-11(12)20)15(23-3-5-25-6-4-23)24-2-1-21-16(24)22-14/h1-2,7-8H,3-6H2. The minimum atomic E-state index is -1.02. The Bertz CT molecular complexity index is 933. The second-order valence-corrected chi connectivity index (χ2v) is 7.13. The van der Waals surface area contributed by atoms with Crippen molar-refractivity contribution in [2.45, 2.75) is 0 Å². The van der Waals surface area contributed by atoms with Gasteiger partial charge in [0.15, 0.2) is 0 Å². The van der Waals surface area contributed by atoms with Gasteiger partial charge in [-0.05, 0) is 0 Å². The Balaban J connectivity index is 2.05. The molecule has 2 aromatic heterocycles. The molecule has 130 valence electrons. The van der Waals surface area contributed by atoms with Crippen LogP contribution in [0.2, 0.25) is 5.15 Å². The Morgan fingerprint density at radius 1 is 1.04 bits per heavy atom. The van der Waals surface area contributed by atoms with Crippen LogP contribution in [0.5, 0.6) is 0 Å². The Labute approximate surface area is 150 Å². The van der Waals surface area contributed by atoms with Crippen LogP contribution >= 0.6 is 23.4 Å². The number of hydrogen-bond donors (Lipinski definition) is 0. The largest absolute Gasteiger partial charge is 0.355 e. The Kier molecular flexibility index (Phi) is 4.24. The van der Waals surface area contributed by atoms with Gasteiger partial charge in [0.25, 0.3) is 0 Å². The van der Waals surface area contributed by atoms with E-state index in [2.05, 4.69) is 9.97 Å². The van der Waals surface area contributed by atoms with Crippen molar-refractivity contribution < 1.29 is 13.2 Å². The molecule has 0 unspecified atom stereocenters. The molecule has 0 aliphatic carbocycles. The van der Waals surface area contributed by atoms with Crippen molar-refractivity contribution in [3.63, 3.8) is 0 Å². The first-order chi connectivity index (χ1) is 12.1. The van der Waals surface area contributed by atoms with Gasteiger partial charge in [0.1, 0.15) is 28.4 Å². The molecule has 25 heavy (non-hydrogen) atoms. The summed E-state index contributed by atoms with van der Waals surface area (Å²) in [5.74, 6) is -0.417. The van der Waals surface area contributed by atoms with E-state index < -0.39 is 17.5 Å². The van der Waals surface area contributed by atoms with E-state index in [1.54, 1.807) is 28.6 Å². The van der Waals surface area contributed by atoms with E-state index in [-0.39, 0.29) is 16.3 Å². The lowest BCUT2D eigenvalue weighted by molar-refractivity contribution is 0.547. The van der Waals surface area contributed by atoms with Crippen LogP contribution in [0, 0.1) is 17.5 Å².